The van der Waals surface area contributed by atoms with Crippen molar-refractivity contribution < 1.29 is 8.42 Å². The third-order valence-electron chi connectivity index (χ3n) is 3.19. The molecular weight excluding hydrogens is 282 g/mol. The summed E-state index contributed by atoms with van der Waals surface area (Å²) in [5, 5.41) is 0. The fraction of sp³-hybridized carbons (Fsp3) is 0.176. The SMILES string of the molecule is CN(C)c1ccc(C=Cc2ccc(S(C)(=O)=O)cc2)cc1. The molecule has 0 atom stereocenters. The number of anilines is 1. The smallest absolute Gasteiger partial charge is 0.175 e. The number of sulfone groups is 1. The Morgan fingerprint density at radius 1 is 0.810 bits per heavy atom. The summed E-state index contributed by atoms with van der Waals surface area (Å²) >= 11 is 0. The molecule has 0 saturated carbocycles. The molecule has 2 rings (SSSR count). The molecule has 2 aromatic carbocycles. The van der Waals surface area contributed by atoms with Gasteiger partial charge >= 0.3 is 0 Å². The van der Waals surface area contributed by atoms with E-state index in [0.717, 1.165) is 16.8 Å². The molecule has 0 heterocycles. The zero-order valence-electron chi connectivity index (χ0n) is 12.4. The average Bonchev–Trinajstić information content (AvgIpc) is 2.45. The molecule has 2 aromatic rings. The minimum absolute atomic E-state index is 0.343. The van der Waals surface area contributed by atoms with E-state index < -0.39 is 9.84 Å². The Labute approximate surface area is 126 Å². The molecule has 0 aliphatic rings. The van der Waals surface area contributed by atoms with Gasteiger partial charge in [0.15, 0.2) is 9.84 Å². The predicted molar refractivity (Wildman–Crippen MR) is 89.2 cm³/mol. The van der Waals surface area contributed by atoms with Crippen LogP contribution in [0, 0.1) is 0 Å². The molecule has 0 bridgehead atoms. The second-order valence-corrected chi connectivity index (χ2v) is 7.18. The molecule has 0 aromatic heterocycles. The number of hydrogen-bond donors (Lipinski definition) is 0. The van der Waals surface area contributed by atoms with E-state index in [1.807, 2.05) is 26.2 Å². The highest BCUT2D eigenvalue weighted by Gasteiger charge is 2.04. The van der Waals surface area contributed by atoms with E-state index >= 15 is 0 Å². The maximum atomic E-state index is 11.4. The summed E-state index contributed by atoms with van der Waals surface area (Å²) in [5.41, 5.74) is 3.23. The quantitative estimate of drug-likeness (QED) is 0.813. The zero-order valence-corrected chi connectivity index (χ0v) is 13.3. The van der Waals surface area contributed by atoms with Crippen molar-refractivity contribution in [2.45, 2.75) is 4.90 Å². The maximum Gasteiger partial charge on any atom is 0.175 e. The first-order chi connectivity index (χ1) is 9.86. The van der Waals surface area contributed by atoms with Crippen molar-refractivity contribution in [1.29, 1.82) is 0 Å². The van der Waals surface area contributed by atoms with E-state index in [2.05, 4.69) is 29.2 Å². The van der Waals surface area contributed by atoms with Crippen LogP contribution in [0.5, 0.6) is 0 Å². The molecule has 0 aliphatic carbocycles. The zero-order chi connectivity index (χ0) is 15.5. The lowest BCUT2D eigenvalue weighted by molar-refractivity contribution is 0.602. The topological polar surface area (TPSA) is 37.4 Å². The summed E-state index contributed by atoms with van der Waals surface area (Å²) in [7, 11) is 0.888. The highest BCUT2D eigenvalue weighted by molar-refractivity contribution is 7.90. The van der Waals surface area contributed by atoms with Crippen molar-refractivity contribution in [2.75, 3.05) is 25.3 Å². The molecule has 110 valence electrons. The molecule has 21 heavy (non-hydrogen) atoms. The van der Waals surface area contributed by atoms with Crippen molar-refractivity contribution in [3.63, 3.8) is 0 Å². The summed E-state index contributed by atoms with van der Waals surface area (Å²) in [4.78, 5) is 2.40. The fourth-order valence-corrected chi connectivity index (χ4v) is 2.53. The van der Waals surface area contributed by atoms with Crippen molar-refractivity contribution >= 4 is 27.7 Å². The molecule has 0 radical (unpaired) electrons. The molecule has 0 N–H and O–H groups in total. The fourth-order valence-electron chi connectivity index (χ4n) is 1.90. The molecular formula is C17H19NO2S. The predicted octanol–water partition coefficient (Wildman–Crippen LogP) is 3.33. The molecule has 0 aliphatic heterocycles. The average molecular weight is 301 g/mol. The van der Waals surface area contributed by atoms with Crippen LogP contribution in [0.25, 0.3) is 12.2 Å². The van der Waals surface area contributed by atoms with E-state index in [4.69, 9.17) is 0 Å². The van der Waals surface area contributed by atoms with Crippen LogP contribution < -0.4 is 4.90 Å². The van der Waals surface area contributed by atoms with E-state index in [1.54, 1.807) is 24.3 Å². The first kappa shape index (κ1) is 15.3. The van der Waals surface area contributed by atoms with Gasteiger partial charge in [0.1, 0.15) is 0 Å². The van der Waals surface area contributed by atoms with Gasteiger partial charge < -0.3 is 4.90 Å². The van der Waals surface area contributed by atoms with Gasteiger partial charge in [-0.2, -0.15) is 0 Å². The third-order valence-corrected chi connectivity index (χ3v) is 4.31. The van der Waals surface area contributed by atoms with Crippen LogP contribution in [0.3, 0.4) is 0 Å². The summed E-state index contributed by atoms with van der Waals surface area (Å²) < 4.78 is 22.8. The molecule has 4 heteroatoms. The summed E-state index contributed by atoms with van der Waals surface area (Å²) in [5.74, 6) is 0. The first-order valence-electron chi connectivity index (χ1n) is 6.62. The lowest BCUT2D eigenvalue weighted by Crippen LogP contribution is -2.07. The Morgan fingerprint density at radius 2 is 1.24 bits per heavy atom. The Hall–Kier alpha value is -2.07. The Morgan fingerprint density at radius 3 is 1.62 bits per heavy atom. The van der Waals surface area contributed by atoms with Crippen LogP contribution in [-0.2, 0) is 9.84 Å². The van der Waals surface area contributed by atoms with Crippen LogP contribution >= 0.6 is 0 Å². The Bertz CT molecular complexity index is 727. The van der Waals surface area contributed by atoms with E-state index in [-0.39, 0.29) is 0 Å². The maximum absolute atomic E-state index is 11.4. The Balaban J connectivity index is 2.14. The van der Waals surface area contributed by atoms with Crippen LogP contribution in [0.2, 0.25) is 0 Å². The van der Waals surface area contributed by atoms with Crippen LogP contribution in [0.1, 0.15) is 11.1 Å². The van der Waals surface area contributed by atoms with Gasteiger partial charge in [-0.05, 0) is 35.4 Å². The van der Waals surface area contributed by atoms with E-state index in [0.29, 0.717) is 4.90 Å². The second-order valence-electron chi connectivity index (χ2n) is 5.16. The van der Waals surface area contributed by atoms with E-state index in [1.165, 1.54) is 6.26 Å². The van der Waals surface area contributed by atoms with Gasteiger partial charge in [-0.1, -0.05) is 36.4 Å². The minimum Gasteiger partial charge on any atom is -0.378 e. The van der Waals surface area contributed by atoms with Gasteiger partial charge in [0, 0.05) is 26.0 Å². The van der Waals surface area contributed by atoms with Gasteiger partial charge in [-0.15, -0.1) is 0 Å². The van der Waals surface area contributed by atoms with Gasteiger partial charge in [0.05, 0.1) is 4.90 Å². The first-order valence-corrected chi connectivity index (χ1v) is 8.51. The second kappa shape index (κ2) is 6.14. The van der Waals surface area contributed by atoms with Gasteiger partial charge in [0.25, 0.3) is 0 Å². The third kappa shape index (κ3) is 4.20. The highest BCUT2D eigenvalue weighted by Crippen LogP contribution is 2.16. The minimum atomic E-state index is -3.13. The van der Waals surface area contributed by atoms with Gasteiger partial charge in [-0.3, -0.25) is 0 Å². The van der Waals surface area contributed by atoms with Crippen molar-refractivity contribution in [1.82, 2.24) is 0 Å². The van der Waals surface area contributed by atoms with Crippen LogP contribution in [-0.4, -0.2) is 28.8 Å². The van der Waals surface area contributed by atoms with Crippen LogP contribution in [0.15, 0.2) is 53.4 Å². The standard InChI is InChI=1S/C17H19NO2S/c1-18(2)16-10-6-14(7-11-16)4-5-15-8-12-17(13-9-15)21(3,19)20/h4-13H,1-3H3. The van der Waals surface area contributed by atoms with Crippen molar-refractivity contribution in [3.05, 3.63) is 59.7 Å². The Kier molecular flexibility index (Phi) is 4.48. The number of hydrogen-bond acceptors (Lipinski definition) is 3. The molecule has 0 spiro atoms. The largest absolute Gasteiger partial charge is 0.378 e. The summed E-state index contributed by atoms with van der Waals surface area (Å²) in [6, 6.07) is 15.1. The monoisotopic (exact) mass is 301 g/mol. The highest BCUT2D eigenvalue weighted by atomic mass is 32.2. The summed E-state index contributed by atoms with van der Waals surface area (Å²) in [6.45, 7) is 0. The lowest BCUT2D eigenvalue weighted by atomic mass is 10.1. The molecule has 0 amide bonds. The molecule has 0 saturated heterocycles. The van der Waals surface area contributed by atoms with Crippen molar-refractivity contribution in [3.8, 4) is 0 Å². The summed E-state index contributed by atoms with van der Waals surface area (Å²) in [6.07, 6.45) is 5.19. The number of benzene rings is 2. The van der Waals surface area contributed by atoms with Crippen molar-refractivity contribution in [2.24, 2.45) is 0 Å². The van der Waals surface area contributed by atoms with E-state index in [9.17, 15) is 8.42 Å². The normalized spacial score (nSPS) is 11.8. The van der Waals surface area contributed by atoms with Gasteiger partial charge in [0.2, 0.25) is 0 Å². The number of rotatable bonds is 4. The lowest BCUT2D eigenvalue weighted by Gasteiger charge is -2.11. The van der Waals surface area contributed by atoms with Crippen LogP contribution in [0.4, 0.5) is 5.69 Å². The molecule has 0 unspecified atom stereocenters. The number of nitrogens with zero attached hydrogens (tertiary/aromatic N) is 1. The van der Waals surface area contributed by atoms with Gasteiger partial charge in [-0.25, -0.2) is 8.42 Å². The molecule has 0 fully saturated rings. The molecule has 3 nitrogen and oxygen atoms in total.